The van der Waals surface area contributed by atoms with Crippen LogP contribution in [-0.4, -0.2) is 32.7 Å². The SMILES string of the molecule is CCCNC(=O)c1cccc(NC(=O)c2cnn(-c3ccc(F)cc3)c2-n2cccc2)c1. The summed E-state index contributed by atoms with van der Waals surface area (Å²) < 4.78 is 16.7. The highest BCUT2D eigenvalue weighted by Gasteiger charge is 2.20. The maximum Gasteiger partial charge on any atom is 0.261 e. The van der Waals surface area contributed by atoms with Gasteiger partial charge in [0.15, 0.2) is 5.82 Å². The molecule has 4 aromatic rings. The molecule has 0 aliphatic heterocycles. The third-order valence-electron chi connectivity index (χ3n) is 4.83. The minimum absolute atomic E-state index is 0.194. The van der Waals surface area contributed by atoms with Crippen LogP contribution in [0, 0.1) is 5.82 Å². The first-order chi connectivity index (χ1) is 15.6. The molecule has 0 spiro atoms. The highest BCUT2D eigenvalue weighted by molar-refractivity contribution is 6.07. The average Bonchev–Trinajstić information content (AvgIpc) is 3.48. The zero-order valence-electron chi connectivity index (χ0n) is 17.5. The topological polar surface area (TPSA) is 81.0 Å². The van der Waals surface area contributed by atoms with Gasteiger partial charge in [-0.1, -0.05) is 13.0 Å². The summed E-state index contributed by atoms with van der Waals surface area (Å²) >= 11 is 0. The van der Waals surface area contributed by atoms with E-state index in [0.717, 1.165) is 6.42 Å². The fraction of sp³-hybridized carbons (Fsp3) is 0.125. The normalized spacial score (nSPS) is 10.7. The maximum absolute atomic E-state index is 13.4. The zero-order chi connectivity index (χ0) is 22.5. The number of nitrogens with zero attached hydrogens (tertiary/aromatic N) is 3. The molecule has 8 heteroatoms. The predicted octanol–water partition coefficient (Wildman–Crippen LogP) is 4.19. The van der Waals surface area contributed by atoms with Crippen molar-refractivity contribution in [2.45, 2.75) is 13.3 Å². The second-order valence-corrected chi connectivity index (χ2v) is 7.15. The Bertz CT molecular complexity index is 1230. The number of anilines is 1. The fourth-order valence-electron chi connectivity index (χ4n) is 3.27. The van der Waals surface area contributed by atoms with Gasteiger partial charge in [0.05, 0.1) is 11.9 Å². The van der Waals surface area contributed by atoms with Gasteiger partial charge < -0.3 is 15.2 Å². The molecule has 4 rings (SSSR count). The molecule has 0 aliphatic carbocycles. The Balaban J connectivity index is 1.65. The van der Waals surface area contributed by atoms with E-state index in [0.29, 0.717) is 34.9 Å². The number of rotatable bonds is 7. The number of nitrogens with one attached hydrogen (secondary N) is 2. The molecule has 0 fully saturated rings. The first kappa shape index (κ1) is 21.0. The number of hydrogen-bond donors (Lipinski definition) is 2. The Kier molecular flexibility index (Phi) is 6.12. The van der Waals surface area contributed by atoms with Gasteiger partial charge in [-0.25, -0.2) is 9.07 Å². The summed E-state index contributed by atoms with van der Waals surface area (Å²) in [6.45, 7) is 2.56. The Morgan fingerprint density at radius 2 is 1.75 bits per heavy atom. The Hall–Kier alpha value is -4.20. The Morgan fingerprint density at radius 3 is 2.47 bits per heavy atom. The molecule has 0 saturated carbocycles. The molecule has 0 unspecified atom stereocenters. The molecule has 2 aromatic carbocycles. The van der Waals surface area contributed by atoms with Gasteiger partial charge in [0.1, 0.15) is 11.4 Å². The molecule has 0 bridgehead atoms. The second-order valence-electron chi connectivity index (χ2n) is 7.15. The molecule has 2 N–H and O–H groups in total. The lowest BCUT2D eigenvalue weighted by Crippen LogP contribution is -2.24. The molecule has 2 aromatic heterocycles. The molecule has 32 heavy (non-hydrogen) atoms. The summed E-state index contributed by atoms with van der Waals surface area (Å²) in [6.07, 6.45) is 5.90. The lowest BCUT2D eigenvalue weighted by molar-refractivity contribution is 0.0952. The van der Waals surface area contributed by atoms with Crippen LogP contribution in [-0.2, 0) is 0 Å². The summed E-state index contributed by atoms with van der Waals surface area (Å²) in [5.74, 6) is -0.423. The van der Waals surface area contributed by atoms with Crippen molar-refractivity contribution in [2.24, 2.45) is 0 Å². The Labute approximate surface area is 184 Å². The van der Waals surface area contributed by atoms with Gasteiger partial charge in [0.2, 0.25) is 0 Å². The van der Waals surface area contributed by atoms with Crippen LogP contribution < -0.4 is 10.6 Å². The van der Waals surface area contributed by atoms with Crippen molar-refractivity contribution in [2.75, 3.05) is 11.9 Å². The van der Waals surface area contributed by atoms with Crippen molar-refractivity contribution in [1.29, 1.82) is 0 Å². The molecule has 0 atom stereocenters. The minimum Gasteiger partial charge on any atom is -0.352 e. The molecule has 2 heterocycles. The van der Waals surface area contributed by atoms with Crippen molar-refractivity contribution in [3.63, 3.8) is 0 Å². The summed E-state index contributed by atoms with van der Waals surface area (Å²) in [5, 5.41) is 10.0. The van der Waals surface area contributed by atoms with Gasteiger partial charge in [0.25, 0.3) is 11.8 Å². The molecule has 0 radical (unpaired) electrons. The number of amides is 2. The fourth-order valence-corrected chi connectivity index (χ4v) is 3.27. The van der Waals surface area contributed by atoms with Crippen molar-refractivity contribution in [3.8, 4) is 11.5 Å². The largest absolute Gasteiger partial charge is 0.352 e. The minimum atomic E-state index is -0.381. The zero-order valence-corrected chi connectivity index (χ0v) is 17.5. The number of carbonyl (C=O) groups excluding carboxylic acids is 2. The van der Waals surface area contributed by atoms with Crippen LogP contribution in [0.2, 0.25) is 0 Å². The van der Waals surface area contributed by atoms with Gasteiger partial charge in [-0.15, -0.1) is 0 Å². The molecular weight excluding hydrogens is 409 g/mol. The molecule has 162 valence electrons. The summed E-state index contributed by atoms with van der Waals surface area (Å²) in [6, 6.07) is 16.3. The van der Waals surface area contributed by atoms with E-state index in [-0.39, 0.29) is 17.6 Å². The van der Waals surface area contributed by atoms with E-state index in [2.05, 4.69) is 15.7 Å². The van der Waals surface area contributed by atoms with Gasteiger partial charge in [-0.2, -0.15) is 5.10 Å². The highest BCUT2D eigenvalue weighted by Crippen LogP contribution is 2.22. The van der Waals surface area contributed by atoms with E-state index in [4.69, 9.17) is 0 Å². The quantitative estimate of drug-likeness (QED) is 0.460. The predicted molar refractivity (Wildman–Crippen MR) is 120 cm³/mol. The van der Waals surface area contributed by atoms with Gasteiger partial charge in [0, 0.05) is 30.2 Å². The monoisotopic (exact) mass is 431 g/mol. The van der Waals surface area contributed by atoms with E-state index in [9.17, 15) is 14.0 Å². The van der Waals surface area contributed by atoms with Crippen LogP contribution in [0.5, 0.6) is 0 Å². The van der Waals surface area contributed by atoms with E-state index < -0.39 is 0 Å². The standard InChI is InChI=1S/C24H22FN5O2/c1-2-12-26-22(31)17-6-5-7-19(15-17)28-23(32)21-16-27-30(20-10-8-18(25)9-11-20)24(21)29-13-3-4-14-29/h3-11,13-16H,2,12H2,1H3,(H,26,31)(H,28,32). The van der Waals surface area contributed by atoms with E-state index in [1.807, 2.05) is 19.1 Å². The summed E-state index contributed by atoms with van der Waals surface area (Å²) in [4.78, 5) is 25.4. The van der Waals surface area contributed by atoms with Crippen molar-refractivity contribution in [3.05, 3.63) is 96.2 Å². The van der Waals surface area contributed by atoms with E-state index in [1.54, 1.807) is 58.0 Å². The molecular formula is C24H22FN5O2. The van der Waals surface area contributed by atoms with Crippen LogP contribution in [0.3, 0.4) is 0 Å². The first-order valence-electron chi connectivity index (χ1n) is 10.2. The van der Waals surface area contributed by atoms with Gasteiger partial charge in [-0.05, 0) is 61.0 Å². The van der Waals surface area contributed by atoms with Gasteiger partial charge in [-0.3, -0.25) is 9.59 Å². The molecule has 0 saturated heterocycles. The van der Waals surface area contributed by atoms with Crippen LogP contribution in [0.15, 0.2) is 79.3 Å². The third kappa shape index (κ3) is 4.44. The number of aromatic nitrogens is 3. The van der Waals surface area contributed by atoms with Crippen LogP contribution in [0.4, 0.5) is 10.1 Å². The lowest BCUT2D eigenvalue weighted by atomic mass is 10.1. The number of halogens is 1. The van der Waals surface area contributed by atoms with Crippen molar-refractivity contribution >= 4 is 17.5 Å². The highest BCUT2D eigenvalue weighted by atomic mass is 19.1. The van der Waals surface area contributed by atoms with E-state index >= 15 is 0 Å². The van der Waals surface area contributed by atoms with E-state index in [1.165, 1.54) is 18.3 Å². The smallest absolute Gasteiger partial charge is 0.261 e. The van der Waals surface area contributed by atoms with Crippen molar-refractivity contribution in [1.82, 2.24) is 19.7 Å². The maximum atomic E-state index is 13.4. The number of carbonyl (C=O) groups is 2. The van der Waals surface area contributed by atoms with Crippen molar-refractivity contribution < 1.29 is 14.0 Å². The van der Waals surface area contributed by atoms with Crippen LogP contribution >= 0.6 is 0 Å². The lowest BCUT2D eigenvalue weighted by Gasteiger charge is -2.12. The molecule has 7 nitrogen and oxygen atoms in total. The third-order valence-corrected chi connectivity index (χ3v) is 4.83. The summed E-state index contributed by atoms with van der Waals surface area (Å²) in [7, 11) is 0. The number of benzene rings is 2. The van der Waals surface area contributed by atoms with Crippen LogP contribution in [0.1, 0.15) is 34.1 Å². The average molecular weight is 431 g/mol. The van der Waals surface area contributed by atoms with Gasteiger partial charge >= 0.3 is 0 Å². The second kappa shape index (κ2) is 9.30. The molecule has 2 amide bonds. The van der Waals surface area contributed by atoms with Crippen LogP contribution in [0.25, 0.3) is 11.5 Å². The first-order valence-corrected chi connectivity index (χ1v) is 10.2. The number of hydrogen-bond acceptors (Lipinski definition) is 3. The molecule has 0 aliphatic rings. The summed E-state index contributed by atoms with van der Waals surface area (Å²) in [5.41, 5.74) is 1.89. The Morgan fingerprint density at radius 1 is 1.00 bits per heavy atom.